The minimum Gasteiger partial charge on any atom is -0.481 e. The van der Waals surface area contributed by atoms with E-state index in [1.54, 1.807) is 0 Å². The van der Waals surface area contributed by atoms with Crippen molar-refractivity contribution in [3.8, 4) is 0 Å². The van der Waals surface area contributed by atoms with Crippen LogP contribution in [0, 0.1) is 11.3 Å². The molecule has 4 heteroatoms. The predicted molar refractivity (Wildman–Crippen MR) is 44.4 cm³/mol. The first-order chi connectivity index (χ1) is 5.24. The van der Waals surface area contributed by atoms with Crippen LogP contribution in [-0.2, 0) is 9.59 Å². The zero-order valence-electron chi connectivity index (χ0n) is 7.63. The molecule has 0 aromatic heterocycles. The number of rotatable bonds is 3. The first-order valence-corrected chi connectivity index (χ1v) is 3.76. The zero-order chi connectivity index (χ0) is 9.94. The van der Waals surface area contributed by atoms with Gasteiger partial charge in [-0.25, -0.2) is 0 Å². The minimum absolute atomic E-state index is 0.196. The lowest BCUT2D eigenvalue weighted by atomic mass is 9.84. The molecular weight excluding hydrogens is 158 g/mol. The van der Waals surface area contributed by atoms with Gasteiger partial charge >= 0.3 is 5.97 Å². The summed E-state index contributed by atoms with van der Waals surface area (Å²) in [7, 11) is 0. The summed E-state index contributed by atoms with van der Waals surface area (Å²) >= 11 is 0. The van der Waals surface area contributed by atoms with E-state index in [1.807, 2.05) is 20.8 Å². The number of aliphatic carboxylic acids is 1. The molecule has 0 aromatic carbocycles. The van der Waals surface area contributed by atoms with Gasteiger partial charge in [-0.2, -0.15) is 0 Å². The maximum Gasteiger partial charge on any atom is 0.316 e. The second-order valence-corrected chi connectivity index (χ2v) is 4.06. The SMILES string of the molecule is CC(C)(C)CC(C(N)=O)C(=O)O. The maximum absolute atomic E-state index is 10.7. The Labute approximate surface area is 71.8 Å². The van der Waals surface area contributed by atoms with Crippen molar-refractivity contribution >= 4 is 11.9 Å². The van der Waals surface area contributed by atoms with Crippen molar-refractivity contribution in [3.63, 3.8) is 0 Å². The highest BCUT2D eigenvalue weighted by molar-refractivity contribution is 5.96. The number of amides is 1. The Morgan fingerprint density at radius 3 is 1.92 bits per heavy atom. The average molecular weight is 173 g/mol. The lowest BCUT2D eigenvalue weighted by molar-refractivity contribution is -0.147. The Hall–Kier alpha value is -1.06. The number of hydrogen-bond donors (Lipinski definition) is 2. The molecule has 0 radical (unpaired) electrons. The van der Waals surface area contributed by atoms with E-state index >= 15 is 0 Å². The van der Waals surface area contributed by atoms with Crippen molar-refractivity contribution in [2.45, 2.75) is 27.2 Å². The highest BCUT2D eigenvalue weighted by Crippen LogP contribution is 2.24. The molecule has 0 fully saturated rings. The van der Waals surface area contributed by atoms with Crippen molar-refractivity contribution in [2.75, 3.05) is 0 Å². The Morgan fingerprint density at radius 2 is 1.83 bits per heavy atom. The normalized spacial score (nSPS) is 13.9. The van der Waals surface area contributed by atoms with E-state index in [2.05, 4.69) is 0 Å². The summed E-state index contributed by atoms with van der Waals surface area (Å²) in [5.74, 6) is -2.97. The summed E-state index contributed by atoms with van der Waals surface area (Å²) in [4.78, 5) is 21.2. The Bertz CT molecular complexity index is 179. The predicted octanol–water partition coefficient (Wildman–Crippen LogP) is 0.609. The van der Waals surface area contributed by atoms with Crippen LogP contribution in [0.25, 0.3) is 0 Å². The molecule has 70 valence electrons. The first kappa shape index (κ1) is 10.9. The van der Waals surface area contributed by atoms with Gasteiger partial charge in [0.25, 0.3) is 0 Å². The van der Waals surface area contributed by atoms with E-state index < -0.39 is 17.8 Å². The molecule has 0 saturated heterocycles. The summed E-state index contributed by atoms with van der Waals surface area (Å²) in [6, 6.07) is 0. The van der Waals surface area contributed by atoms with Crippen LogP contribution in [0.3, 0.4) is 0 Å². The Kier molecular flexibility index (Phi) is 3.24. The van der Waals surface area contributed by atoms with Crippen LogP contribution in [0.1, 0.15) is 27.2 Å². The maximum atomic E-state index is 10.7. The van der Waals surface area contributed by atoms with Crippen LogP contribution in [-0.4, -0.2) is 17.0 Å². The van der Waals surface area contributed by atoms with E-state index in [9.17, 15) is 9.59 Å². The van der Waals surface area contributed by atoms with Crippen molar-refractivity contribution in [3.05, 3.63) is 0 Å². The van der Waals surface area contributed by atoms with Gasteiger partial charge in [0.05, 0.1) is 0 Å². The van der Waals surface area contributed by atoms with Gasteiger partial charge < -0.3 is 10.8 Å². The van der Waals surface area contributed by atoms with Gasteiger partial charge in [-0.1, -0.05) is 20.8 Å². The molecule has 0 heterocycles. The fourth-order valence-electron chi connectivity index (χ4n) is 0.922. The van der Waals surface area contributed by atoms with Crippen LogP contribution < -0.4 is 5.73 Å². The molecule has 0 aliphatic heterocycles. The molecule has 0 aromatic rings. The number of carbonyl (C=O) groups is 2. The smallest absolute Gasteiger partial charge is 0.316 e. The van der Waals surface area contributed by atoms with Crippen molar-refractivity contribution in [2.24, 2.45) is 17.1 Å². The zero-order valence-corrected chi connectivity index (χ0v) is 7.63. The van der Waals surface area contributed by atoms with Gasteiger partial charge in [0.15, 0.2) is 0 Å². The van der Waals surface area contributed by atoms with Crippen LogP contribution in [0.4, 0.5) is 0 Å². The summed E-state index contributed by atoms with van der Waals surface area (Å²) in [5.41, 5.74) is 4.73. The standard InChI is InChI=1S/C8H15NO3/c1-8(2,3)4-5(6(9)10)7(11)12/h5H,4H2,1-3H3,(H2,9,10)(H,11,12). The fraction of sp³-hybridized carbons (Fsp3) is 0.750. The molecule has 1 atom stereocenters. The molecule has 3 N–H and O–H groups in total. The van der Waals surface area contributed by atoms with Gasteiger partial charge in [-0.05, 0) is 11.8 Å². The largest absolute Gasteiger partial charge is 0.481 e. The second kappa shape index (κ2) is 3.56. The van der Waals surface area contributed by atoms with Gasteiger partial charge in [0, 0.05) is 0 Å². The van der Waals surface area contributed by atoms with Crippen LogP contribution in [0.2, 0.25) is 0 Å². The van der Waals surface area contributed by atoms with Crippen LogP contribution in [0.5, 0.6) is 0 Å². The number of carboxylic acid groups (broad SMARTS) is 1. The molecule has 12 heavy (non-hydrogen) atoms. The molecule has 0 spiro atoms. The van der Waals surface area contributed by atoms with Crippen molar-refractivity contribution in [1.82, 2.24) is 0 Å². The third-order valence-electron chi connectivity index (χ3n) is 1.46. The van der Waals surface area contributed by atoms with Crippen molar-refractivity contribution < 1.29 is 14.7 Å². The second-order valence-electron chi connectivity index (χ2n) is 4.06. The third kappa shape index (κ3) is 3.95. The molecule has 4 nitrogen and oxygen atoms in total. The lowest BCUT2D eigenvalue weighted by Gasteiger charge is -2.20. The van der Waals surface area contributed by atoms with E-state index in [4.69, 9.17) is 10.8 Å². The van der Waals surface area contributed by atoms with E-state index in [-0.39, 0.29) is 11.8 Å². The Morgan fingerprint density at radius 1 is 1.42 bits per heavy atom. The Balaban J connectivity index is 4.35. The molecule has 0 aliphatic carbocycles. The first-order valence-electron chi connectivity index (χ1n) is 3.76. The molecule has 0 aliphatic rings. The number of hydrogen-bond acceptors (Lipinski definition) is 2. The number of carbonyl (C=O) groups excluding carboxylic acids is 1. The van der Waals surface area contributed by atoms with Crippen LogP contribution >= 0.6 is 0 Å². The number of carboxylic acids is 1. The van der Waals surface area contributed by atoms with E-state index in [1.165, 1.54) is 0 Å². The highest BCUT2D eigenvalue weighted by atomic mass is 16.4. The fourth-order valence-corrected chi connectivity index (χ4v) is 0.922. The van der Waals surface area contributed by atoms with Gasteiger partial charge in [0.1, 0.15) is 5.92 Å². The lowest BCUT2D eigenvalue weighted by Crippen LogP contribution is -2.33. The van der Waals surface area contributed by atoms with Crippen LogP contribution in [0.15, 0.2) is 0 Å². The monoisotopic (exact) mass is 173 g/mol. The topological polar surface area (TPSA) is 80.4 Å². The molecule has 1 amide bonds. The molecule has 0 saturated carbocycles. The quantitative estimate of drug-likeness (QED) is 0.613. The molecule has 1 unspecified atom stereocenters. The summed E-state index contributed by atoms with van der Waals surface area (Å²) in [6.45, 7) is 5.60. The average Bonchev–Trinajstić information content (AvgIpc) is 1.79. The summed E-state index contributed by atoms with van der Waals surface area (Å²) in [5, 5.41) is 8.61. The molecular formula is C8H15NO3. The highest BCUT2D eigenvalue weighted by Gasteiger charge is 2.28. The van der Waals surface area contributed by atoms with E-state index in [0.717, 1.165) is 0 Å². The summed E-state index contributed by atoms with van der Waals surface area (Å²) < 4.78 is 0. The third-order valence-corrected chi connectivity index (χ3v) is 1.46. The number of nitrogens with two attached hydrogens (primary N) is 1. The van der Waals surface area contributed by atoms with Gasteiger partial charge in [0.2, 0.25) is 5.91 Å². The summed E-state index contributed by atoms with van der Waals surface area (Å²) in [6.07, 6.45) is 0.275. The van der Waals surface area contributed by atoms with Gasteiger partial charge in [-0.3, -0.25) is 9.59 Å². The van der Waals surface area contributed by atoms with Gasteiger partial charge in [-0.15, -0.1) is 0 Å². The molecule has 0 rings (SSSR count). The molecule has 0 bridgehead atoms. The minimum atomic E-state index is -1.14. The van der Waals surface area contributed by atoms with Crippen molar-refractivity contribution in [1.29, 1.82) is 0 Å². The number of primary amides is 1. The van der Waals surface area contributed by atoms with E-state index in [0.29, 0.717) is 0 Å².